The number of hydrogen-bond acceptors (Lipinski definition) is 5. The van der Waals surface area contributed by atoms with Crippen molar-refractivity contribution in [2.24, 2.45) is 0 Å². The minimum Gasteiger partial charge on any atom is -0.448 e. The van der Waals surface area contributed by atoms with Crippen molar-refractivity contribution >= 4 is 16.1 Å². The summed E-state index contributed by atoms with van der Waals surface area (Å²) in [7, 11) is -4.09. The quantitative estimate of drug-likeness (QED) is 0.688. The monoisotopic (exact) mass is 493 g/mol. The number of hydrogen-bond donors (Lipinski definition) is 1. The van der Waals surface area contributed by atoms with Gasteiger partial charge in [0.15, 0.2) is 0 Å². The van der Waals surface area contributed by atoms with Crippen LogP contribution >= 0.6 is 0 Å². The van der Waals surface area contributed by atoms with Crippen molar-refractivity contribution in [1.29, 1.82) is 0 Å². The van der Waals surface area contributed by atoms with E-state index in [1.54, 1.807) is 17.0 Å². The highest BCUT2D eigenvalue weighted by Crippen LogP contribution is 2.39. The second-order valence-electron chi connectivity index (χ2n) is 8.77. The van der Waals surface area contributed by atoms with Crippen LogP contribution in [-0.4, -0.2) is 62.0 Å². The fourth-order valence-electron chi connectivity index (χ4n) is 4.69. The molecule has 10 heteroatoms. The molecule has 1 unspecified atom stereocenters. The average molecular weight is 494 g/mol. The van der Waals surface area contributed by atoms with E-state index in [4.69, 9.17) is 4.74 Å². The molecule has 1 N–H and O–H groups in total. The molecule has 2 heterocycles. The van der Waals surface area contributed by atoms with Crippen LogP contribution in [0.15, 0.2) is 53.4 Å². The summed E-state index contributed by atoms with van der Waals surface area (Å²) in [5.74, 6) is -1.01. The van der Waals surface area contributed by atoms with Gasteiger partial charge in [-0.15, -0.1) is 0 Å². The van der Waals surface area contributed by atoms with Gasteiger partial charge in [0.05, 0.1) is 17.0 Å². The first kappa shape index (κ1) is 24.6. The zero-order valence-corrected chi connectivity index (χ0v) is 19.8. The van der Waals surface area contributed by atoms with E-state index in [0.29, 0.717) is 44.5 Å². The Kier molecular flexibility index (Phi) is 7.49. The lowest BCUT2D eigenvalue weighted by Gasteiger charge is -2.41. The first-order valence-electron chi connectivity index (χ1n) is 11.5. The topological polar surface area (TPSA) is 79.0 Å². The molecule has 2 saturated heterocycles. The van der Waals surface area contributed by atoms with Gasteiger partial charge in [-0.3, -0.25) is 0 Å². The fraction of sp³-hybridized carbons (Fsp3) is 0.458. The molecule has 0 radical (unpaired) electrons. The zero-order valence-electron chi connectivity index (χ0n) is 19.0. The van der Waals surface area contributed by atoms with Gasteiger partial charge in [-0.25, -0.2) is 22.0 Å². The highest BCUT2D eigenvalue weighted by atomic mass is 32.2. The van der Waals surface area contributed by atoms with Crippen molar-refractivity contribution in [1.82, 2.24) is 14.5 Å². The summed E-state index contributed by atoms with van der Waals surface area (Å²) in [4.78, 5) is 14.3. The van der Waals surface area contributed by atoms with E-state index in [1.165, 1.54) is 28.6 Å². The lowest BCUT2D eigenvalue weighted by Crippen LogP contribution is -2.53. The number of benzene rings is 2. The normalized spacial score (nSPS) is 24.1. The number of amides is 1. The predicted octanol–water partition coefficient (Wildman–Crippen LogP) is 3.68. The highest BCUT2D eigenvalue weighted by molar-refractivity contribution is 7.89. The molecule has 0 spiro atoms. The number of nitrogens with zero attached hydrogens (tertiary/aromatic N) is 2. The Morgan fingerprint density at radius 2 is 1.88 bits per heavy atom. The van der Waals surface area contributed by atoms with E-state index in [0.717, 1.165) is 12.1 Å². The Morgan fingerprint density at radius 1 is 1.12 bits per heavy atom. The minimum atomic E-state index is -4.09. The second kappa shape index (κ2) is 10.4. The molecular weight excluding hydrogens is 464 g/mol. The lowest BCUT2D eigenvalue weighted by atomic mass is 9.93. The summed E-state index contributed by atoms with van der Waals surface area (Å²) in [5.41, 5.74) is 0.525. The largest absolute Gasteiger partial charge is 0.448 e. The summed E-state index contributed by atoms with van der Waals surface area (Å²) >= 11 is 0. The smallest absolute Gasteiger partial charge is 0.410 e. The lowest BCUT2D eigenvalue weighted by molar-refractivity contribution is 0.0500. The molecule has 2 aliphatic rings. The summed E-state index contributed by atoms with van der Waals surface area (Å²) in [6.07, 6.45) is 1.17. The van der Waals surface area contributed by atoms with Crippen LogP contribution in [0.3, 0.4) is 0 Å². The van der Waals surface area contributed by atoms with Crippen molar-refractivity contribution in [2.45, 2.75) is 49.2 Å². The highest BCUT2D eigenvalue weighted by Gasteiger charge is 2.41. The van der Waals surface area contributed by atoms with E-state index in [9.17, 15) is 22.0 Å². The van der Waals surface area contributed by atoms with Gasteiger partial charge in [0.25, 0.3) is 0 Å². The number of sulfonamides is 1. The molecule has 2 fully saturated rings. The molecule has 0 aliphatic carbocycles. The van der Waals surface area contributed by atoms with Gasteiger partial charge < -0.3 is 15.0 Å². The van der Waals surface area contributed by atoms with Gasteiger partial charge in [0.2, 0.25) is 10.0 Å². The number of carbonyl (C=O) groups is 1. The van der Waals surface area contributed by atoms with Crippen LogP contribution in [0.25, 0.3) is 0 Å². The summed E-state index contributed by atoms with van der Waals surface area (Å²) < 4.78 is 61.9. The molecule has 0 saturated carbocycles. The van der Waals surface area contributed by atoms with Crippen molar-refractivity contribution in [3.05, 3.63) is 65.7 Å². The van der Waals surface area contributed by atoms with E-state index in [2.05, 4.69) is 5.32 Å². The number of carbonyl (C=O) groups excluding carboxylic acids is 1. The van der Waals surface area contributed by atoms with Crippen LogP contribution in [0.4, 0.5) is 13.6 Å². The minimum absolute atomic E-state index is 0.0355. The maximum absolute atomic E-state index is 14.0. The Labute approximate surface area is 198 Å². The van der Waals surface area contributed by atoms with Crippen LogP contribution in [0.2, 0.25) is 0 Å². The molecule has 2 aromatic rings. The maximum Gasteiger partial charge on any atom is 0.410 e. The Balaban J connectivity index is 1.63. The van der Waals surface area contributed by atoms with E-state index < -0.39 is 39.8 Å². The van der Waals surface area contributed by atoms with Crippen LogP contribution in [0.1, 0.15) is 37.8 Å². The number of piperazine rings is 1. The van der Waals surface area contributed by atoms with Gasteiger partial charge in [0.1, 0.15) is 18.2 Å². The van der Waals surface area contributed by atoms with E-state index in [1.807, 2.05) is 6.92 Å². The van der Waals surface area contributed by atoms with Crippen molar-refractivity contribution < 1.29 is 26.7 Å². The van der Waals surface area contributed by atoms with Crippen molar-refractivity contribution in [3.63, 3.8) is 0 Å². The maximum atomic E-state index is 14.0. The Bertz CT molecular complexity index is 1110. The second-order valence-corrected chi connectivity index (χ2v) is 10.6. The van der Waals surface area contributed by atoms with Gasteiger partial charge in [-0.2, -0.15) is 4.31 Å². The Hall–Kier alpha value is -2.56. The molecule has 1 amide bonds. The van der Waals surface area contributed by atoms with Crippen molar-refractivity contribution in [2.75, 3.05) is 26.2 Å². The average Bonchev–Trinajstić information content (AvgIpc) is 2.83. The van der Waals surface area contributed by atoms with Crippen molar-refractivity contribution in [3.8, 4) is 0 Å². The number of nitrogens with one attached hydrogen (secondary N) is 1. The molecule has 2 aliphatic heterocycles. The predicted molar refractivity (Wildman–Crippen MR) is 123 cm³/mol. The van der Waals surface area contributed by atoms with Gasteiger partial charge in [-0.1, -0.05) is 12.1 Å². The summed E-state index contributed by atoms with van der Waals surface area (Å²) in [6, 6.07) is 9.17. The summed E-state index contributed by atoms with van der Waals surface area (Å²) in [5, 5.41) is 3.21. The first-order valence-corrected chi connectivity index (χ1v) is 12.9. The first-order chi connectivity index (χ1) is 16.3. The molecule has 0 aromatic heterocycles. The van der Waals surface area contributed by atoms with Crippen LogP contribution in [0, 0.1) is 11.6 Å². The number of ether oxygens (including phenoxy) is 1. The molecule has 34 heavy (non-hydrogen) atoms. The molecule has 184 valence electrons. The van der Waals surface area contributed by atoms with E-state index >= 15 is 0 Å². The number of rotatable bonds is 5. The summed E-state index contributed by atoms with van der Waals surface area (Å²) in [6.45, 7) is 3.62. The standard InChI is InChI=1S/C24H29F2N3O4S/c1-17-15-27-12-13-28(17)24(30)33-16-21-6-3-7-23(18-4-2-5-20(26)14-18)29(21)34(31,32)22-10-8-19(25)9-11-22/h2,4-5,8-11,14,17,21,23,27H,3,6-7,12-13,15-16H2,1H3/t17?,21-,23+/m1/s1. The third-order valence-corrected chi connectivity index (χ3v) is 8.42. The fourth-order valence-corrected chi connectivity index (χ4v) is 6.54. The van der Waals surface area contributed by atoms with Crippen LogP contribution < -0.4 is 5.32 Å². The van der Waals surface area contributed by atoms with Gasteiger partial charge in [0, 0.05) is 25.7 Å². The molecule has 7 nitrogen and oxygen atoms in total. The van der Waals surface area contributed by atoms with Gasteiger partial charge in [-0.05, 0) is 68.1 Å². The third kappa shape index (κ3) is 5.24. The SMILES string of the molecule is CC1CNCCN1C(=O)OC[C@H]1CCC[C@@H](c2cccc(F)c2)N1S(=O)(=O)c1ccc(F)cc1. The number of piperidine rings is 1. The molecule has 2 aromatic carbocycles. The van der Waals surface area contributed by atoms with Crippen LogP contribution in [-0.2, 0) is 14.8 Å². The molecular formula is C24H29F2N3O4S. The third-order valence-electron chi connectivity index (χ3n) is 6.44. The molecule has 0 bridgehead atoms. The zero-order chi connectivity index (χ0) is 24.3. The Morgan fingerprint density at radius 3 is 2.59 bits per heavy atom. The molecule has 4 rings (SSSR count). The number of halogens is 2. The van der Waals surface area contributed by atoms with Gasteiger partial charge >= 0.3 is 6.09 Å². The van der Waals surface area contributed by atoms with Crippen LogP contribution in [0.5, 0.6) is 0 Å². The van der Waals surface area contributed by atoms with E-state index in [-0.39, 0.29) is 17.5 Å². The molecule has 3 atom stereocenters.